The Morgan fingerprint density at radius 1 is 0.743 bits per heavy atom. The Morgan fingerprint density at radius 2 is 1.34 bits per heavy atom. The van der Waals surface area contributed by atoms with Crippen LogP contribution in [0.3, 0.4) is 0 Å². The highest BCUT2D eigenvalue weighted by atomic mass is 32.2. The van der Waals surface area contributed by atoms with Crippen LogP contribution in [-0.4, -0.2) is 17.7 Å². The average Bonchev–Trinajstić information content (AvgIpc) is 3.27. The highest BCUT2D eigenvalue weighted by Gasteiger charge is 2.45. The first-order chi connectivity index (χ1) is 17.0. The number of aryl methyl sites for hydroxylation is 1. The van der Waals surface area contributed by atoms with Gasteiger partial charge in [0.2, 0.25) is 10.0 Å². The lowest BCUT2D eigenvalue weighted by Crippen LogP contribution is -2.43. The standard InChI is InChI=1S/C30H26N2O2S/c1-21-16-18-24(19-17-21)35(33,34)32-28(22-10-4-2-5-11-22)20-26-25-14-8-9-15-27(25)31-29(26)30(32)23-12-6-3-7-13-23/h2-19,28,30-31H,20H2,1H3/t28-,30+/m1/s1. The summed E-state index contributed by atoms with van der Waals surface area (Å²) in [7, 11) is -3.84. The van der Waals surface area contributed by atoms with E-state index in [2.05, 4.69) is 17.1 Å². The number of rotatable bonds is 4. The molecule has 0 unspecified atom stereocenters. The molecule has 174 valence electrons. The quantitative estimate of drug-likeness (QED) is 0.318. The molecule has 4 nitrogen and oxygen atoms in total. The molecule has 1 aliphatic rings. The Kier molecular flexibility index (Phi) is 5.32. The van der Waals surface area contributed by atoms with Gasteiger partial charge in [0, 0.05) is 16.6 Å². The van der Waals surface area contributed by atoms with E-state index in [4.69, 9.17) is 0 Å². The van der Waals surface area contributed by atoms with E-state index in [0.29, 0.717) is 11.3 Å². The molecule has 1 aromatic heterocycles. The molecule has 0 bridgehead atoms. The van der Waals surface area contributed by atoms with Crippen LogP contribution in [0.2, 0.25) is 0 Å². The SMILES string of the molecule is Cc1ccc(S(=O)(=O)N2[C@@H](c3ccccc3)c3[nH]c4ccccc4c3C[C@@H]2c2ccccc2)cc1. The minimum atomic E-state index is -3.84. The van der Waals surface area contributed by atoms with Gasteiger partial charge in [-0.25, -0.2) is 8.42 Å². The van der Waals surface area contributed by atoms with Crippen molar-refractivity contribution in [1.82, 2.24) is 9.29 Å². The first-order valence-electron chi connectivity index (χ1n) is 11.8. The molecule has 0 amide bonds. The van der Waals surface area contributed by atoms with E-state index < -0.39 is 16.1 Å². The summed E-state index contributed by atoms with van der Waals surface area (Å²) in [5.74, 6) is 0. The Labute approximate surface area is 205 Å². The van der Waals surface area contributed by atoms with Crippen molar-refractivity contribution in [3.63, 3.8) is 0 Å². The molecule has 0 saturated heterocycles. The van der Waals surface area contributed by atoms with Gasteiger partial charge in [0.05, 0.1) is 17.0 Å². The smallest absolute Gasteiger partial charge is 0.244 e. The van der Waals surface area contributed by atoms with Crippen molar-refractivity contribution in [3.05, 3.63) is 137 Å². The van der Waals surface area contributed by atoms with Crippen LogP contribution in [-0.2, 0) is 16.4 Å². The summed E-state index contributed by atoms with van der Waals surface area (Å²) < 4.78 is 30.5. The molecule has 5 aromatic rings. The van der Waals surface area contributed by atoms with Gasteiger partial charge in [-0.1, -0.05) is 96.6 Å². The van der Waals surface area contributed by atoms with Gasteiger partial charge in [0.15, 0.2) is 0 Å². The molecule has 0 aliphatic carbocycles. The number of fused-ring (bicyclic) bond motifs is 3. The van der Waals surface area contributed by atoms with Crippen LogP contribution < -0.4 is 0 Å². The number of para-hydroxylation sites is 1. The van der Waals surface area contributed by atoms with E-state index >= 15 is 0 Å². The Balaban J connectivity index is 1.65. The highest BCUT2D eigenvalue weighted by molar-refractivity contribution is 7.89. The number of benzene rings is 4. The summed E-state index contributed by atoms with van der Waals surface area (Å²) in [6.45, 7) is 1.97. The topological polar surface area (TPSA) is 53.2 Å². The number of sulfonamides is 1. The van der Waals surface area contributed by atoms with Crippen molar-refractivity contribution in [2.45, 2.75) is 30.3 Å². The zero-order valence-electron chi connectivity index (χ0n) is 19.4. The van der Waals surface area contributed by atoms with Gasteiger partial charge >= 0.3 is 0 Å². The van der Waals surface area contributed by atoms with E-state index in [-0.39, 0.29) is 6.04 Å². The van der Waals surface area contributed by atoms with Crippen molar-refractivity contribution in [1.29, 1.82) is 0 Å². The fourth-order valence-electron chi connectivity index (χ4n) is 5.29. The third-order valence-electron chi connectivity index (χ3n) is 6.98. The largest absolute Gasteiger partial charge is 0.357 e. The number of aromatic nitrogens is 1. The van der Waals surface area contributed by atoms with Crippen LogP contribution in [0.1, 0.15) is 40.0 Å². The number of nitrogens with zero attached hydrogens (tertiary/aromatic N) is 1. The van der Waals surface area contributed by atoms with Gasteiger partial charge in [-0.3, -0.25) is 0 Å². The van der Waals surface area contributed by atoms with Crippen molar-refractivity contribution in [2.75, 3.05) is 0 Å². The monoisotopic (exact) mass is 478 g/mol. The van der Waals surface area contributed by atoms with Gasteiger partial charge in [-0.2, -0.15) is 4.31 Å². The molecule has 0 radical (unpaired) electrons. The first-order valence-corrected chi connectivity index (χ1v) is 13.3. The Hall–Kier alpha value is -3.67. The van der Waals surface area contributed by atoms with E-state index in [0.717, 1.165) is 33.3 Å². The van der Waals surface area contributed by atoms with Gasteiger partial charge in [-0.05, 0) is 48.2 Å². The van der Waals surface area contributed by atoms with Crippen LogP contribution in [0.5, 0.6) is 0 Å². The van der Waals surface area contributed by atoms with Crippen molar-refractivity contribution in [3.8, 4) is 0 Å². The lowest BCUT2D eigenvalue weighted by molar-refractivity contribution is 0.256. The molecule has 6 rings (SSSR count). The molecular weight excluding hydrogens is 452 g/mol. The number of nitrogens with one attached hydrogen (secondary N) is 1. The molecule has 2 atom stereocenters. The maximum absolute atomic E-state index is 14.4. The summed E-state index contributed by atoms with van der Waals surface area (Å²) >= 11 is 0. The molecule has 35 heavy (non-hydrogen) atoms. The molecule has 1 aliphatic heterocycles. The van der Waals surface area contributed by atoms with Crippen LogP contribution in [0.4, 0.5) is 0 Å². The second-order valence-corrected chi connectivity index (χ2v) is 11.0. The molecule has 2 heterocycles. The lowest BCUT2D eigenvalue weighted by atomic mass is 9.87. The van der Waals surface area contributed by atoms with Gasteiger partial charge in [0.1, 0.15) is 0 Å². The van der Waals surface area contributed by atoms with Gasteiger partial charge < -0.3 is 4.98 Å². The zero-order valence-corrected chi connectivity index (χ0v) is 20.2. The minimum absolute atomic E-state index is 0.310. The summed E-state index contributed by atoms with van der Waals surface area (Å²) in [6.07, 6.45) is 0.595. The molecule has 5 heteroatoms. The molecule has 1 N–H and O–H groups in total. The average molecular weight is 479 g/mol. The molecular formula is C30H26N2O2S. The maximum Gasteiger partial charge on any atom is 0.244 e. The van der Waals surface area contributed by atoms with E-state index in [1.165, 1.54) is 5.56 Å². The van der Waals surface area contributed by atoms with E-state index in [1.807, 2.05) is 91.9 Å². The van der Waals surface area contributed by atoms with Gasteiger partial charge in [-0.15, -0.1) is 0 Å². The third kappa shape index (κ3) is 3.68. The molecule has 0 spiro atoms. The highest BCUT2D eigenvalue weighted by Crippen LogP contribution is 2.48. The van der Waals surface area contributed by atoms with Crippen LogP contribution in [0, 0.1) is 6.92 Å². The summed E-state index contributed by atoms with van der Waals surface area (Å²) in [5.41, 5.74) is 6.11. The van der Waals surface area contributed by atoms with Crippen LogP contribution >= 0.6 is 0 Å². The minimum Gasteiger partial charge on any atom is -0.357 e. The fourth-order valence-corrected chi connectivity index (χ4v) is 7.05. The number of hydrogen-bond donors (Lipinski definition) is 1. The Bertz CT molecular complexity index is 1590. The maximum atomic E-state index is 14.4. The van der Waals surface area contributed by atoms with E-state index in [1.54, 1.807) is 16.4 Å². The predicted molar refractivity (Wildman–Crippen MR) is 140 cm³/mol. The summed E-state index contributed by atoms with van der Waals surface area (Å²) in [4.78, 5) is 3.90. The normalized spacial score (nSPS) is 18.4. The number of H-pyrrole nitrogens is 1. The molecule has 0 saturated carbocycles. The molecule has 0 fully saturated rings. The van der Waals surface area contributed by atoms with Crippen molar-refractivity contribution < 1.29 is 8.42 Å². The second kappa shape index (κ2) is 8.52. The number of hydrogen-bond acceptors (Lipinski definition) is 2. The van der Waals surface area contributed by atoms with Crippen molar-refractivity contribution in [2.24, 2.45) is 0 Å². The second-order valence-electron chi connectivity index (χ2n) is 9.15. The first kappa shape index (κ1) is 21.8. The van der Waals surface area contributed by atoms with E-state index in [9.17, 15) is 8.42 Å². The summed E-state index contributed by atoms with van der Waals surface area (Å²) in [6, 6.07) is 34.5. The zero-order chi connectivity index (χ0) is 24.0. The van der Waals surface area contributed by atoms with Crippen molar-refractivity contribution >= 4 is 20.9 Å². The number of aromatic amines is 1. The summed E-state index contributed by atoms with van der Waals surface area (Å²) in [5, 5.41) is 1.15. The predicted octanol–water partition coefficient (Wildman–Crippen LogP) is 6.55. The fraction of sp³-hybridized carbons (Fsp3) is 0.133. The van der Waals surface area contributed by atoms with Gasteiger partial charge in [0.25, 0.3) is 0 Å². The van der Waals surface area contributed by atoms with Crippen LogP contribution in [0.15, 0.2) is 114 Å². The van der Waals surface area contributed by atoms with Crippen LogP contribution in [0.25, 0.3) is 10.9 Å². The lowest BCUT2D eigenvalue weighted by Gasteiger charge is -2.41. The Morgan fingerprint density at radius 3 is 2.03 bits per heavy atom. The molecule has 4 aromatic carbocycles. The third-order valence-corrected chi connectivity index (χ3v) is 8.86.